The molecule has 1 aliphatic rings. The van der Waals surface area contributed by atoms with Crippen LogP contribution >= 0.6 is 22.9 Å². The van der Waals surface area contributed by atoms with Gasteiger partial charge in [0.2, 0.25) is 0 Å². The smallest absolute Gasteiger partial charge is 0.327 e. The van der Waals surface area contributed by atoms with E-state index in [-0.39, 0.29) is 0 Å². The van der Waals surface area contributed by atoms with Crippen LogP contribution in [0.15, 0.2) is 6.20 Å². The van der Waals surface area contributed by atoms with Gasteiger partial charge in [-0.3, -0.25) is 10.1 Å². The first kappa shape index (κ1) is 10.9. The number of carboxylic acids is 1. The number of aliphatic carboxylic acids is 1. The molecule has 0 amide bonds. The molecular weight excluding hydrogens is 236 g/mol. The number of hydrogen-bond donors (Lipinski definition) is 2. The number of rotatable bonds is 5. The van der Waals surface area contributed by atoms with Crippen LogP contribution in [0.2, 0.25) is 4.34 Å². The normalized spacial score (nSPS) is 17.7. The Bertz CT molecular complexity index is 365. The van der Waals surface area contributed by atoms with Crippen LogP contribution in [0, 0.1) is 5.92 Å². The fourth-order valence-electron chi connectivity index (χ4n) is 1.29. The molecule has 15 heavy (non-hydrogen) atoms. The number of thiazole rings is 1. The van der Waals surface area contributed by atoms with E-state index in [1.54, 1.807) is 0 Å². The molecule has 4 nitrogen and oxygen atoms in total. The monoisotopic (exact) mass is 246 g/mol. The van der Waals surface area contributed by atoms with Crippen LogP contribution < -0.4 is 5.32 Å². The van der Waals surface area contributed by atoms with Gasteiger partial charge in [0.25, 0.3) is 0 Å². The van der Waals surface area contributed by atoms with E-state index in [4.69, 9.17) is 16.7 Å². The van der Waals surface area contributed by atoms with Gasteiger partial charge in [0.1, 0.15) is 9.34 Å². The third-order valence-corrected chi connectivity index (χ3v) is 3.48. The Labute approximate surface area is 96.3 Å². The minimum absolute atomic E-state index is 0.518. The van der Waals surface area contributed by atoms with Gasteiger partial charge in [-0.2, -0.15) is 0 Å². The summed E-state index contributed by atoms with van der Waals surface area (Å²) in [6.07, 6.45) is 3.87. The Balaban J connectivity index is 2.01. The van der Waals surface area contributed by atoms with Crippen LogP contribution in [0.25, 0.3) is 0 Å². The highest BCUT2D eigenvalue weighted by molar-refractivity contribution is 7.16. The molecule has 0 saturated heterocycles. The number of hydrogen-bond acceptors (Lipinski definition) is 4. The lowest BCUT2D eigenvalue weighted by atomic mass is 10.3. The van der Waals surface area contributed by atoms with E-state index < -0.39 is 12.0 Å². The highest BCUT2D eigenvalue weighted by Crippen LogP contribution is 2.29. The van der Waals surface area contributed by atoms with Gasteiger partial charge >= 0.3 is 5.97 Å². The molecule has 0 spiro atoms. The maximum atomic E-state index is 11.0. The first-order valence-corrected chi connectivity index (χ1v) is 5.93. The molecule has 1 saturated carbocycles. The van der Waals surface area contributed by atoms with Crippen LogP contribution in [0.4, 0.5) is 0 Å². The molecule has 0 aliphatic heterocycles. The fraction of sp³-hybridized carbons (Fsp3) is 0.556. The Morgan fingerprint density at radius 3 is 3.00 bits per heavy atom. The minimum atomic E-state index is -0.901. The number of carboxylic acid groups (broad SMARTS) is 1. The van der Waals surface area contributed by atoms with Crippen LogP contribution in [-0.2, 0) is 4.79 Å². The number of nitrogens with zero attached hydrogens (tertiary/aromatic N) is 1. The van der Waals surface area contributed by atoms with Crippen molar-refractivity contribution in [1.29, 1.82) is 0 Å². The quantitative estimate of drug-likeness (QED) is 0.833. The third-order valence-electron chi connectivity index (χ3n) is 2.30. The summed E-state index contributed by atoms with van der Waals surface area (Å²) in [6.45, 7) is 0.744. The summed E-state index contributed by atoms with van der Waals surface area (Å²) in [5.74, 6) is -0.260. The zero-order valence-electron chi connectivity index (χ0n) is 7.94. The van der Waals surface area contributed by atoms with Crippen molar-refractivity contribution in [3.63, 3.8) is 0 Å². The van der Waals surface area contributed by atoms with E-state index in [1.807, 2.05) is 0 Å². The van der Waals surface area contributed by atoms with Crippen molar-refractivity contribution in [2.75, 3.05) is 6.54 Å². The molecule has 1 aromatic rings. The van der Waals surface area contributed by atoms with Crippen LogP contribution in [0.1, 0.15) is 23.9 Å². The zero-order valence-corrected chi connectivity index (χ0v) is 9.51. The van der Waals surface area contributed by atoms with E-state index in [0.29, 0.717) is 15.3 Å². The summed E-state index contributed by atoms with van der Waals surface area (Å²) >= 11 is 6.93. The van der Waals surface area contributed by atoms with Gasteiger partial charge in [-0.25, -0.2) is 4.98 Å². The maximum absolute atomic E-state index is 11.0. The van der Waals surface area contributed by atoms with Gasteiger partial charge in [0.05, 0.1) is 6.20 Å². The van der Waals surface area contributed by atoms with Crippen LogP contribution in [-0.4, -0.2) is 22.6 Å². The number of carbonyl (C=O) groups is 1. The van der Waals surface area contributed by atoms with Crippen molar-refractivity contribution >= 4 is 28.9 Å². The van der Waals surface area contributed by atoms with Crippen molar-refractivity contribution < 1.29 is 9.90 Å². The second-order valence-corrected chi connectivity index (χ2v) is 5.32. The van der Waals surface area contributed by atoms with Gasteiger partial charge < -0.3 is 5.11 Å². The lowest BCUT2D eigenvalue weighted by Gasteiger charge is -2.10. The van der Waals surface area contributed by atoms with E-state index >= 15 is 0 Å². The summed E-state index contributed by atoms with van der Waals surface area (Å²) < 4.78 is 0.518. The topological polar surface area (TPSA) is 62.2 Å². The van der Waals surface area contributed by atoms with E-state index in [9.17, 15) is 4.79 Å². The van der Waals surface area contributed by atoms with Crippen molar-refractivity contribution in [1.82, 2.24) is 10.3 Å². The van der Waals surface area contributed by atoms with Crippen molar-refractivity contribution in [3.05, 3.63) is 15.5 Å². The van der Waals surface area contributed by atoms with Gasteiger partial charge in [-0.1, -0.05) is 11.6 Å². The second-order valence-electron chi connectivity index (χ2n) is 3.63. The Hall–Kier alpha value is -0.650. The number of halogens is 1. The zero-order chi connectivity index (χ0) is 10.8. The number of aromatic nitrogens is 1. The molecule has 1 atom stereocenters. The molecule has 1 aromatic heterocycles. The summed E-state index contributed by atoms with van der Waals surface area (Å²) in [7, 11) is 0. The average Bonchev–Trinajstić information content (AvgIpc) is 2.89. The summed E-state index contributed by atoms with van der Waals surface area (Å²) in [5, 5.41) is 12.6. The highest BCUT2D eigenvalue weighted by atomic mass is 35.5. The van der Waals surface area contributed by atoms with Gasteiger partial charge in [-0.05, 0) is 25.3 Å². The molecular formula is C9H11ClN2O2S. The van der Waals surface area contributed by atoms with Gasteiger partial charge in [-0.15, -0.1) is 11.3 Å². The molecule has 2 rings (SSSR count). The fourth-order valence-corrected chi connectivity index (χ4v) is 2.29. The largest absolute Gasteiger partial charge is 0.480 e. The third kappa shape index (κ3) is 2.90. The molecule has 0 bridgehead atoms. The maximum Gasteiger partial charge on any atom is 0.327 e. The summed E-state index contributed by atoms with van der Waals surface area (Å²) in [5.41, 5.74) is 0. The summed E-state index contributed by atoms with van der Waals surface area (Å²) in [6, 6.07) is -0.719. The van der Waals surface area contributed by atoms with Crippen LogP contribution in [0.3, 0.4) is 0 Å². The molecule has 6 heteroatoms. The van der Waals surface area contributed by atoms with E-state index in [2.05, 4.69) is 10.3 Å². The number of nitrogens with one attached hydrogen (secondary N) is 1. The Kier molecular flexibility index (Phi) is 3.23. The first-order chi connectivity index (χ1) is 7.16. The predicted octanol–water partition coefficient (Wildman–Crippen LogP) is 1.92. The highest BCUT2D eigenvalue weighted by Gasteiger charge is 2.27. The molecule has 0 aromatic carbocycles. The molecule has 1 unspecified atom stereocenters. The van der Waals surface area contributed by atoms with Crippen molar-refractivity contribution in [2.24, 2.45) is 5.92 Å². The van der Waals surface area contributed by atoms with Crippen molar-refractivity contribution in [3.8, 4) is 0 Å². The summed E-state index contributed by atoms with van der Waals surface area (Å²) in [4.78, 5) is 15.0. The van der Waals surface area contributed by atoms with E-state index in [1.165, 1.54) is 30.4 Å². The lowest BCUT2D eigenvalue weighted by molar-refractivity contribution is -0.139. The second kappa shape index (κ2) is 4.47. The molecule has 1 fully saturated rings. The van der Waals surface area contributed by atoms with E-state index in [0.717, 1.165) is 6.54 Å². The lowest BCUT2D eigenvalue weighted by Crippen LogP contribution is -2.29. The molecule has 1 aliphatic carbocycles. The van der Waals surface area contributed by atoms with Crippen LogP contribution in [0.5, 0.6) is 0 Å². The predicted molar refractivity (Wildman–Crippen MR) is 58.2 cm³/mol. The van der Waals surface area contributed by atoms with Gasteiger partial charge in [0.15, 0.2) is 6.04 Å². The average molecular weight is 247 g/mol. The SMILES string of the molecule is O=C(O)C(NCC1CC1)c1ncc(Cl)s1. The van der Waals surface area contributed by atoms with Gasteiger partial charge in [0, 0.05) is 0 Å². The standard InChI is InChI=1S/C9H11ClN2O2S/c10-6-4-12-8(15-6)7(9(13)14)11-3-5-1-2-5/h4-5,7,11H,1-3H2,(H,13,14). The molecule has 1 heterocycles. The molecule has 0 radical (unpaired) electrons. The Morgan fingerprint density at radius 1 is 1.80 bits per heavy atom. The first-order valence-electron chi connectivity index (χ1n) is 4.74. The van der Waals surface area contributed by atoms with Crippen molar-refractivity contribution in [2.45, 2.75) is 18.9 Å². The molecule has 82 valence electrons. The Morgan fingerprint density at radius 2 is 2.53 bits per heavy atom. The molecule has 2 N–H and O–H groups in total. The minimum Gasteiger partial charge on any atom is -0.480 e.